The van der Waals surface area contributed by atoms with Crippen molar-refractivity contribution >= 4 is 5.91 Å². The molecule has 2 rings (SSSR count). The van der Waals surface area contributed by atoms with E-state index in [1.165, 1.54) is 6.07 Å². The SMILES string of the molecule is Cc1ccc(C(C)NC(=O)C2CCCCC2CN)cc1F. The first-order valence-corrected chi connectivity index (χ1v) is 7.79. The van der Waals surface area contributed by atoms with Gasteiger partial charge in [-0.25, -0.2) is 4.39 Å². The summed E-state index contributed by atoms with van der Waals surface area (Å²) in [5.41, 5.74) is 7.20. The highest BCUT2D eigenvalue weighted by atomic mass is 19.1. The molecule has 3 atom stereocenters. The topological polar surface area (TPSA) is 55.1 Å². The van der Waals surface area contributed by atoms with Gasteiger partial charge in [0.1, 0.15) is 5.82 Å². The molecule has 0 aromatic heterocycles. The number of aryl methyl sites for hydroxylation is 1. The molecule has 0 saturated heterocycles. The molecular weight excluding hydrogens is 267 g/mol. The minimum absolute atomic E-state index is 0.00138. The van der Waals surface area contributed by atoms with Gasteiger partial charge in [0.15, 0.2) is 0 Å². The van der Waals surface area contributed by atoms with E-state index in [0.717, 1.165) is 31.2 Å². The van der Waals surface area contributed by atoms with Crippen LogP contribution >= 0.6 is 0 Å². The summed E-state index contributed by atoms with van der Waals surface area (Å²) in [6.07, 6.45) is 4.18. The summed E-state index contributed by atoms with van der Waals surface area (Å²) in [6, 6.07) is 4.93. The van der Waals surface area contributed by atoms with Gasteiger partial charge in [0.25, 0.3) is 0 Å². The molecule has 3 N–H and O–H groups in total. The summed E-state index contributed by atoms with van der Waals surface area (Å²) >= 11 is 0. The Morgan fingerprint density at radius 1 is 1.43 bits per heavy atom. The van der Waals surface area contributed by atoms with E-state index < -0.39 is 0 Å². The van der Waals surface area contributed by atoms with E-state index in [2.05, 4.69) is 5.32 Å². The van der Waals surface area contributed by atoms with Crippen LogP contribution in [0, 0.1) is 24.6 Å². The Morgan fingerprint density at radius 3 is 2.81 bits per heavy atom. The van der Waals surface area contributed by atoms with Gasteiger partial charge in [-0.3, -0.25) is 4.79 Å². The van der Waals surface area contributed by atoms with Crippen LogP contribution in [0.5, 0.6) is 0 Å². The third-order valence-electron chi connectivity index (χ3n) is 4.60. The van der Waals surface area contributed by atoms with E-state index >= 15 is 0 Å². The lowest BCUT2D eigenvalue weighted by atomic mass is 9.78. The van der Waals surface area contributed by atoms with Crippen LogP contribution < -0.4 is 11.1 Å². The molecule has 4 heteroatoms. The Kier molecular flexibility index (Phi) is 5.34. The smallest absolute Gasteiger partial charge is 0.223 e. The summed E-state index contributed by atoms with van der Waals surface area (Å²) in [5, 5.41) is 3.02. The third kappa shape index (κ3) is 3.82. The summed E-state index contributed by atoms with van der Waals surface area (Å²) in [6.45, 7) is 4.18. The Bertz CT molecular complexity index is 504. The molecule has 3 unspecified atom stereocenters. The van der Waals surface area contributed by atoms with Crippen molar-refractivity contribution in [3.8, 4) is 0 Å². The molecule has 116 valence electrons. The number of halogens is 1. The van der Waals surface area contributed by atoms with Gasteiger partial charge >= 0.3 is 0 Å². The molecule has 21 heavy (non-hydrogen) atoms. The fourth-order valence-corrected chi connectivity index (χ4v) is 3.12. The predicted octanol–water partition coefficient (Wildman–Crippen LogP) is 3.08. The van der Waals surface area contributed by atoms with Crippen molar-refractivity contribution < 1.29 is 9.18 Å². The van der Waals surface area contributed by atoms with E-state index in [1.54, 1.807) is 13.0 Å². The van der Waals surface area contributed by atoms with Gasteiger partial charge in [0.2, 0.25) is 5.91 Å². The number of rotatable bonds is 4. The Morgan fingerprint density at radius 2 is 2.14 bits per heavy atom. The number of nitrogens with one attached hydrogen (secondary N) is 1. The van der Waals surface area contributed by atoms with Gasteiger partial charge in [0.05, 0.1) is 6.04 Å². The maximum absolute atomic E-state index is 13.6. The second kappa shape index (κ2) is 7.03. The second-order valence-electron chi connectivity index (χ2n) is 6.13. The van der Waals surface area contributed by atoms with Crippen molar-refractivity contribution in [2.24, 2.45) is 17.6 Å². The van der Waals surface area contributed by atoms with Crippen LogP contribution in [0.1, 0.15) is 49.8 Å². The maximum atomic E-state index is 13.6. The number of hydrogen-bond donors (Lipinski definition) is 2. The molecule has 1 aliphatic rings. The number of nitrogens with two attached hydrogens (primary N) is 1. The molecule has 1 aromatic rings. The summed E-state index contributed by atoms with van der Waals surface area (Å²) in [7, 11) is 0. The largest absolute Gasteiger partial charge is 0.349 e. The van der Waals surface area contributed by atoms with Gasteiger partial charge in [-0.05, 0) is 56.3 Å². The van der Waals surface area contributed by atoms with Gasteiger partial charge in [-0.2, -0.15) is 0 Å². The monoisotopic (exact) mass is 292 g/mol. The molecule has 1 amide bonds. The first kappa shape index (κ1) is 16.0. The number of carbonyl (C=O) groups excluding carboxylic acids is 1. The molecule has 0 radical (unpaired) electrons. The number of amides is 1. The minimum atomic E-state index is -0.230. The van der Waals surface area contributed by atoms with Crippen LogP contribution in [-0.4, -0.2) is 12.5 Å². The summed E-state index contributed by atoms with van der Waals surface area (Å²) < 4.78 is 13.6. The molecule has 0 spiro atoms. The standard InChI is InChI=1S/C17H25FN2O/c1-11-7-8-13(9-16(11)18)12(2)20-17(21)15-6-4-3-5-14(15)10-19/h7-9,12,14-15H,3-6,10,19H2,1-2H3,(H,20,21). The fourth-order valence-electron chi connectivity index (χ4n) is 3.12. The minimum Gasteiger partial charge on any atom is -0.349 e. The highest BCUT2D eigenvalue weighted by molar-refractivity contribution is 5.79. The van der Waals surface area contributed by atoms with Gasteiger partial charge in [0, 0.05) is 5.92 Å². The lowest BCUT2D eigenvalue weighted by molar-refractivity contribution is -0.128. The first-order valence-electron chi connectivity index (χ1n) is 7.79. The predicted molar refractivity (Wildman–Crippen MR) is 82.2 cm³/mol. The molecule has 1 aromatic carbocycles. The number of carbonyl (C=O) groups is 1. The van der Waals surface area contributed by atoms with Gasteiger partial charge in [-0.15, -0.1) is 0 Å². The number of hydrogen-bond acceptors (Lipinski definition) is 2. The average Bonchev–Trinajstić information content (AvgIpc) is 2.49. The molecule has 0 aliphatic heterocycles. The van der Waals surface area contributed by atoms with Crippen molar-refractivity contribution in [3.05, 3.63) is 35.1 Å². The Labute approximate surface area is 126 Å². The molecule has 0 bridgehead atoms. The fraction of sp³-hybridized carbons (Fsp3) is 0.588. The van der Waals surface area contributed by atoms with E-state index in [-0.39, 0.29) is 29.6 Å². The lowest BCUT2D eigenvalue weighted by Crippen LogP contribution is -2.40. The molecule has 1 saturated carbocycles. The van der Waals surface area contributed by atoms with E-state index in [1.807, 2.05) is 13.0 Å². The van der Waals surface area contributed by atoms with Crippen LogP contribution in [0.3, 0.4) is 0 Å². The van der Waals surface area contributed by atoms with Crippen molar-refractivity contribution in [2.45, 2.75) is 45.6 Å². The third-order valence-corrected chi connectivity index (χ3v) is 4.60. The summed E-state index contributed by atoms with van der Waals surface area (Å²) in [5.74, 6) is 0.104. The van der Waals surface area contributed by atoms with Crippen molar-refractivity contribution in [1.29, 1.82) is 0 Å². The highest BCUT2D eigenvalue weighted by Crippen LogP contribution is 2.30. The van der Waals surface area contributed by atoms with Crippen LogP contribution in [0.2, 0.25) is 0 Å². The van der Waals surface area contributed by atoms with Gasteiger partial charge in [-0.1, -0.05) is 25.0 Å². The zero-order valence-corrected chi connectivity index (χ0v) is 12.9. The van der Waals surface area contributed by atoms with Crippen molar-refractivity contribution in [2.75, 3.05) is 6.54 Å². The molecule has 0 heterocycles. The molecule has 1 aliphatic carbocycles. The van der Waals surface area contributed by atoms with Crippen LogP contribution in [-0.2, 0) is 4.79 Å². The van der Waals surface area contributed by atoms with E-state index in [4.69, 9.17) is 5.73 Å². The highest BCUT2D eigenvalue weighted by Gasteiger charge is 2.30. The van der Waals surface area contributed by atoms with Crippen molar-refractivity contribution in [1.82, 2.24) is 5.32 Å². The van der Waals surface area contributed by atoms with Crippen LogP contribution in [0.4, 0.5) is 4.39 Å². The van der Waals surface area contributed by atoms with Gasteiger partial charge < -0.3 is 11.1 Å². The van der Waals surface area contributed by atoms with Crippen LogP contribution in [0.25, 0.3) is 0 Å². The zero-order chi connectivity index (χ0) is 15.4. The normalized spacial score (nSPS) is 23.6. The Balaban J connectivity index is 2.02. The quantitative estimate of drug-likeness (QED) is 0.896. The lowest BCUT2D eigenvalue weighted by Gasteiger charge is -2.30. The van der Waals surface area contributed by atoms with E-state index in [0.29, 0.717) is 12.1 Å². The second-order valence-corrected chi connectivity index (χ2v) is 6.13. The summed E-state index contributed by atoms with van der Waals surface area (Å²) in [4.78, 5) is 12.4. The zero-order valence-electron chi connectivity index (χ0n) is 12.9. The molecule has 3 nitrogen and oxygen atoms in total. The van der Waals surface area contributed by atoms with Crippen molar-refractivity contribution in [3.63, 3.8) is 0 Å². The number of benzene rings is 1. The Hall–Kier alpha value is -1.42. The maximum Gasteiger partial charge on any atom is 0.223 e. The molecular formula is C17H25FN2O. The average molecular weight is 292 g/mol. The molecule has 1 fully saturated rings. The van der Waals surface area contributed by atoms with Crippen LogP contribution in [0.15, 0.2) is 18.2 Å². The first-order chi connectivity index (χ1) is 10.0. The van der Waals surface area contributed by atoms with E-state index in [9.17, 15) is 9.18 Å².